The molecule has 4 heteroatoms. The summed E-state index contributed by atoms with van der Waals surface area (Å²) >= 11 is 0. The third-order valence-electron chi connectivity index (χ3n) is 4.77. The van der Waals surface area contributed by atoms with Crippen molar-refractivity contribution in [2.45, 2.75) is 25.8 Å². The lowest BCUT2D eigenvalue weighted by atomic mass is 10.0. The highest BCUT2D eigenvalue weighted by Gasteiger charge is 2.24. The second-order valence-electron chi connectivity index (χ2n) is 6.83. The molecule has 0 atom stereocenters. The number of carbonyl (C=O) groups is 1. The van der Waals surface area contributed by atoms with E-state index in [1.807, 2.05) is 18.2 Å². The first-order chi connectivity index (χ1) is 12.6. The van der Waals surface area contributed by atoms with E-state index >= 15 is 0 Å². The summed E-state index contributed by atoms with van der Waals surface area (Å²) in [6.45, 7) is 4.27. The summed E-state index contributed by atoms with van der Waals surface area (Å²) in [5.41, 5.74) is 2.65. The Morgan fingerprint density at radius 3 is 2.46 bits per heavy atom. The maximum absolute atomic E-state index is 13.8. The topological polar surface area (TPSA) is 32.3 Å². The van der Waals surface area contributed by atoms with Crippen LogP contribution in [0.1, 0.15) is 35.7 Å². The minimum atomic E-state index is -0.445. The maximum Gasteiger partial charge on any atom is 0.256 e. The number of hydrogen-bond acceptors (Lipinski definition) is 2. The summed E-state index contributed by atoms with van der Waals surface area (Å²) in [5, 5.41) is 3.57. The summed E-state index contributed by atoms with van der Waals surface area (Å²) in [4.78, 5) is 14.2. The van der Waals surface area contributed by atoms with E-state index in [0.717, 1.165) is 19.4 Å². The normalized spacial score (nSPS) is 15.9. The molecular weight excluding hydrogens is 327 g/mol. The first kappa shape index (κ1) is 18.3. The number of nitrogens with one attached hydrogen (secondary N) is 1. The van der Waals surface area contributed by atoms with Gasteiger partial charge in [-0.3, -0.25) is 4.79 Å². The second-order valence-corrected chi connectivity index (χ2v) is 6.83. The SMILES string of the molecule is C/C(=C/c1ccccc1)CNC1CCN(C(=O)c2ccccc2F)CC1. The predicted octanol–water partition coefficient (Wildman–Crippen LogP) is 4.12. The molecule has 136 valence electrons. The van der Waals surface area contributed by atoms with E-state index in [-0.39, 0.29) is 11.5 Å². The molecule has 2 aromatic rings. The first-order valence-corrected chi connectivity index (χ1v) is 9.13. The Morgan fingerprint density at radius 1 is 1.12 bits per heavy atom. The van der Waals surface area contributed by atoms with Crippen LogP contribution in [0.2, 0.25) is 0 Å². The molecular formula is C22H25FN2O. The molecule has 3 rings (SSSR count). The van der Waals surface area contributed by atoms with Crippen molar-refractivity contribution in [3.05, 3.63) is 77.1 Å². The van der Waals surface area contributed by atoms with E-state index in [2.05, 4.69) is 30.4 Å². The molecule has 1 amide bonds. The van der Waals surface area contributed by atoms with Crippen molar-refractivity contribution in [1.82, 2.24) is 10.2 Å². The van der Waals surface area contributed by atoms with Crippen LogP contribution in [0.5, 0.6) is 0 Å². The van der Waals surface area contributed by atoms with Crippen molar-refractivity contribution in [1.29, 1.82) is 0 Å². The van der Waals surface area contributed by atoms with Crippen LogP contribution in [-0.4, -0.2) is 36.5 Å². The zero-order chi connectivity index (χ0) is 18.4. The van der Waals surface area contributed by atoms with Crippen LogP contribution in [0.15, 0.2) is 60.2 Å². The standard InChI is InChI=1S/C22H25FN2O/c1-17(15-18-7-3-2-4-8-18)16-24-19-11-13-25(14-12-19)22(26)20-9-5-6-10-21(20)23/h2-10,15,19,24H,11-14,16H2,1H3/b17-15-. The van der Waals surface area contributed by atoms with Crippen molar-refractivity contribution in [3.8, 4) is 0 Å². The quantitative estimate of drug-likeness (QED) is 0.878. The van der Waals surface area contributed by atoms with Gasteiger partial charge in [0.1, 0.15) is 5.82 Å². The predicted molar refractivity (Wildman–Crippen MR) is 103 cm³/mol. The Hall–Kier alpha value is -2.46. The van der Waals surface area contributed by atoms with Gasteiger partial charge < -0.3 is 10.2 Å². The Morgan fingerprint density at radius 2 is 1.77 bits per heavy atom. The lowest BCUT2D eigenvalue weighted by molar-refractivity contribution is 0.0701. The number of halogens is 1. The number of carbonyl (C=O) groups excluding carboxylic acids is 1. The number of benzene rings is 2. The van der Waals surface area contributed by atoms with Gasteiger partial charge in [-0.25, -0.2) is 4.39 Å². The average molecular weight is 352 g/mol. The molecule has 0 radical (unpaired) electrons. The lowest BCUT2D eigenvalue weighted by Gasteiger charge is -2.32. The van der Waals surface area contributed by atoms with Gasteiger partial charge in [-0.1, -0.05) is 54.1 Å². The van der Waals surface area contributed by atoms with Crippen molar-refractivity contribution >= 4 is 12.0 Å². The number of amides is 1. The van der Waals surface area contributed by atoms with E-state index in [0.29, 0.717) is 19.1 Å². The molecule has 1 aliphatic heterocycles. The molecule has 1 heterocycles. The Balaban J connectivity index is 1.47. The summed E-state index contributed by atoms with van der Waals surface area (Å²) in [6.07, 6.45) is 3.96. The van der Waals surface area contributed by atoms with Crippen LogP contribution in [0.3, 0.4) is 0 Å². The monoisotopic (exact) mass is 352 g/mol. The molecule has 0 spiro atoms. The first-order valence-electron chi connectivity index (χ1n) is 9.13. The van der Waals surface area contributed by atoms with E-state index < -0.39 is 5.82 Å². The number of likely N-dealkylation sites (tertiary alicyclic amines) is 1. The molecule has 3 nitrogen and oxygen atoms in total. The van der Waals surface area contributed by atoms with Gasteiger partial charge in [0.15, 0.2) is 0 Å². The summed E-state index contributed by atoms with van der Waals surface area (Å²) < 4.78 is 13.8. The zero-order valence-electron chi connectivity index (χ0n) is 15.1. The van der Waals surface area contributed by atoms with Crippen molar-refractivity contribution in [2.75, 3.05) is 19.6 Å². The van der Waals surface area contributed by atoms with E-state index in [1.165, 1.54) is 17.2 Å². The second kappa shape index (κ2) is 8.77. The lowest BCUT2D eigenvalue weighted by Crippen LogP contribution is -2.45. The Kier molecular flexibility index (Phi) is 6.18. The fraction of sp³-hybridized carbons (Fsp3) is 0.318. The van der Waals surface area contributed by atoms with Crippen LogP contribution >= 0.6 is 0 Å². The van der Waals surface area contributed by atoms with Crippen LogP contribution in [0, 0.1) is 5.82 Å². The molecule has 1 N–H and O–H groups in total. The molecule has 0 bridgehead atoms. The van der Waals surface area contributed by atoms with E-state index in [9.17, 15) is 9.18 Å². The highest BCUT2D eigenvalue weighted by atomic mass is 19.1. The number of nitrogens with zero attached hydrogens (tertiary/aromatic N) is 1. The molecule has 1 aliphatic rings. The Labute approximate surface area is 154 Å². The van der Waals surface area contributed by atoms with Crippen LogP contribution < -0.4 is 5.32 Å². The molecule has 0 aromatic heterocycles. The maximum atomic E-state index is 13.8. The fourth-order valence-corrected chi connectivity index (χ4v) is 3.28. The molecule has 0 unspecified atom stereocenters. The van der Waals surface area contributed by atoms with Crippen molar-refractivity contribution in [2.24, 2.45) is 0 Å². The molecule has 1 fully saturated rings. The number of hydrogen-bond donors (Lipinski definition) is 1. The summed E-state index contributed by atoms with van der Waals surface area (Å²) in [5.74, 6) is -0.652. The highest BCUT2D eigenvalue weighted by Crippen LogP contribution is 2.16. The zero-order valence-corrected chi connectivity index (χ0v) is 15.1. The van der Waals surface area contributed by atoms with Crippen LogP contribution in [0.4, 0.5) is 4.39 Å². The van der Waals surface area contributed by atoms with E-state index in [4.69, 9.17) is 0 Å². The van der Waals surface area contributed by atoms with Gasteiger partial charge in [-0.05, 0) is 37.5 Å². The Bertz CT molecular complexity index is 765. The molecule has 0 aliphatic carbocycles. The van der Waals surface area contributed by atoms with Gasteiger partial charge >= 0.3 is 0 Å². The minimum Gasteiger partial charge on any atom is -0.338 e. The summed E-state index contributed by atoms with van der Waals surface area (Å²) in [7, 11) is 0. The van der Waals surface area contributed by atoms with Crippen molar-refractivity contribution < 1.29 is 9.18 Å². The molecule has 0 saturated carbocycles. The smallest absolute Gasteiger partial charge is 0.256 e. The van der Waals surface area contributed by atoms with Gasteiger partial charge in [0.25, 0.3) is 5.91 Å². The third-order valence-corrected chi connectivity index (χ3v) is 4.77. The van der Waals surface area contributed by atoms with Gasteiger partial charge in [0, 0.05) is 25.7 Å². The number of rotatable bonds is 5. The van der Waals surface area contributed by atoms with Gasteiger partial charge in [-0.15, -0.1) is 0 Å². The van der Waals surface area contributed by atoms with Gasteiger partial charge in [-0.2, -0.15) is 0 Å². The molecule has 1 saturated heterocycles. The van der Waals surface area contributed by atoms with Crippen LogP contribution in [0.25, 0.3) is 6.08 Å². The molecule has 2 aromatic carbocycles. The van der Waals surface area contributed by atoms with Gasteiger partial charge in [0.2, 0.25) is 0 Å². The van der Waals surface area contributed by atoms with E-state index in [1.54, 1.807) is 23.1 Å². The third kappa shape index (κ3) is 4.79. The van der Waals surface area contributed by atoms with Gasteiger partial charge in [0.05, 0.1) is 5.56 Å². The molecule has 26 heavy (non-hydrogen) atoms. The fourth-order valence-electron chi connectivity index (χ4n) is 3.28. The largest absolute Gasteiger partial charge is 0.338 e. The van der Waals surface area contributed by atoms with Crippen molar-refractivity contribution in [3.63, 3.8) is 0 Å². The number of piperidine rings is 1. The minimum absolute atomic E-state index is 0.167. The highest BCUT2D eigenvalue weighted by molar-refractivity contribution is 5.94. The van der Waals surface area contributed by atoms with Crippen LogP contribution in [-0.2, 0) is 0 Å². The summed E-state index contributed by atoms with van der Waals surface area (Å²) in [6, 6.07) is 16.9. The average Bonchev–Trinajstić information content (AvgIpc) is 2.67.